The maximum atomic E-state index is 10.7. The van der Waals surface area contributed by atoms with Gasteiger partial charge >= 0.3 is 0 Å². The molecular weight excluding hydrogens is 214 g/mol. The summed E-state index contributed by atoms with van der Waals surface area (Å²) in [7, 11) is 0. The summed E-state index contributed by atoms with van der Waals surface area (Å²) in [6.45, 7) is 4.49. The SMILES string of the molecule is CCOc1cccc(C2(O)CCCNCC2)c1. The minimum Gasteiger partial charge on any atom is -0.494 e. The highest BCUT2D eigenvalue weighted by atomic mass is 16.5. The van der Waals surface area contributed by atoms with E-state index in [1.54, 1.807) is 0 Å². The van der Waals surface area contributed by atoms with Crippen molar-refractivity contribution in [2.45, 2.75) is 31.8 Å². The predicted octanol–water partition coefficient (Wildman–Crippen LogP) is 2.05. The van der Waals surface area contributed by atoms with Crippen LogP contribution in [-0.4, -0.2) is 24.8 Å². The van der Waals surface area contributed by atoms with E-state index in [4.69, 9.17) is 4.74 Å². The predicted molar refractivity (Wildman–Crippen MR) is 68.2 cm³/mol. The average molecular weight is 235 g/mol. The zero-order valence-electron chi connectivity index (χ0n) is 10.4. The van der Waals surface area contributed by atoms with Gasteiger partial charge in [0, 0.05) is 0 Å². The fraction of sp³-hybridized carbons (Fsp3) is 0.571. The normalized spacial score (nSPS) is 25.3. The van der Waals surface area contributed by atoms with Crippen molar-refractivity contribution in [1.29, 1.82) is 0 Å². The molecule has 1 atom stereocenters. The number of nitrogens with one attached hydrogen (secondary N) is 1. The first-order valence-electron chi connectivity index (χ1n) is 6.41. The Morgan fingerprint density at radius 3 is 3.06 bits per heavy atom. The summed E-state index contributed by atoms with van der Waals surface area (Å²) in [5.41, 5.74) is 0.281. The number of hydrogen-bond donors (Lipinski definition) is 2. The van der Waals surface area contributed by atoms with Crippen LogP contribution in [0.25, 0.3) is 0 Å². The van der Waals surface area contributed by atoms with Crippen LogP contribution >= 0.6 is 0 Å². The van der Waals surface area contributed by atoms with E-state index in [0.29, 0.717) is 6.61 Å². The molecule has 0 saturated carbocycles. The van der Waals surface area contributed by atoms with E-state index in [1.165, 1.54) is 0 Å². The smallest absolute Gasteiger partial charge is 0.119 e. The summed E-state index contributed by atoms with van der Waals surface area (Å²) in [6, 6.07) is 7.85. The molecule has 0 spiro atoms. The second kappa shape index (κ2) is 5.52. The molecule has 94 valence electrons. The summed E-state index contributed by atoms with van der Waals surface area (Å²) in [5.74, 6) is 0.843. The molecule has 1 unspecified atom stereocenters. The van der Waals surface area contributed by atoms with Gasteiger partial charge in [0.1, 0.15) is 5.75 Å². The standard InChI is InChI=1S/C14H21NO2/c1-2-17-13-6-3-5-12(11-13)14(16)7-4-9-15-10-8-14/h3,5-6,11,15-16H,2,4,7-10H2,1H3. The van der Waals surface area contributed by atoms with Gasteiger partial charge in [-0.05, 0) is 57.0 Å². The second-order valence-electron chi connectivity index (χ2n) is 4.60. The molecular formula is C14H21NO2. The Bertz CT molecular complexity index is 357. The Labute approximate surface area is 103 Å². The van der Waals surface area contributed by atoms with Crippen molar-refractivity contribution in [2.24, 2.45) is 0 Å². The molecule has 0 aromatic heterocycles. The van der Waals surface area contributed by atoms with Crippen molar-refractivity contribution in [3.05, 3.63) is 29.8 Å². The van der Waals surface area contributed by atoms with Crippen LogP contribution in [0.4, 0.5) is 0 Å². The highest BCUT2D eigenvalue weighted by Gasteiger charge is 2.30. The van der Waals surface area contributed by atoms with Crippen molar-refractivity contribution in [3.63, 3.8) is 0 Å². The third kappa shape index (κ3) is 2.99. The van der Waals surface area contributed by atoms with Crippen molar-refractivity contribution in [2.75, 3.05) is 19.7 Å². The van der Waals surface area contributed by atoms with Gasteiger partial charge in [0.25, 0.3) is 0 Å². The van der Waals surface area contributed by atoms with Crippen LogP contribution in [0.15, 0.2) is 24.3 Å². The van der Waals surface area contributed by atoms with Gasteiger partial charge in [-0.15, -0.1) is 0 Å². The van der Waals surface area contributed by atoms with Crippen molar-refractivity contribution >= 4 is 0 Å². The van der Waals surface area contributed by atoms with Gasteiger partial charge in [-0.3, -0.25) is 0 Å². The Balaban J connectivity index is 2.21. The molecule has 1 fully saturated rings. The highest BCUT2D eigenvalue weighted by Crippen LogP contribution is 2.32. The van der Waals surface area contributed by atoms with E-state index >= 15 is 0 Å². The number of benzene rings is 1. The maximum absolute atomic E-state index is 10.7. The average Bonchev–Trinajstić information content (AvgIpc) is 2.56. The first kappa shape index (κ1) is 12.4. The molecule has 3 heteroatoms. The minimum absolute atomic E-state index is 0.656. The lowest BCUT2D eigenvalue weighted by atomic mass is 9.87. The first-order chi connectivity index (χ1) is 8.24. The van der Waals surface area contributed by atoms with Crippen LogP contribution in [0, 0.1) is 0 Å². The largest absolute Gasteiger partial charge is 0.494 e. The molecule has 1 saturated heterocycles. The molecule has 1 aromatic carbocycles. The number of aliphatic hydroxyl groups is 1. The molecule has 0 aliphatic carbocycles. The Morgan fingerprint density at radius 1 is 1.35 bits per heavy atom. The lowest BCUT2D eigenvalue weighted by Crippen LogP contribution is -2.27. The Hall–Kier alpha value is -1.06. The third-order valence-electron chi connectivity index (χ3n) is 3.34. The minimum atomic E-state index is -0.698. The first-order valence-corrected chi connectivity index (χ1v) is 6.41. The molecule has 1 aliphatic rings. The Kier molecular flexibility index (Phi) is 4.02. The summed E-state index contributed by atoms with van der Waals surface area (Å²) in [5, 5.41) is 14.0. The molecule has 1 aromatic rings. The van der Waals surface area contributed by atoms with E-state index in [9.17, 15) is 5.11 Å². The maximum Gasteiger partial charge on any atom is 0.119 e. The van der Waals surface area contributed by atoms with Crippen LogP contribution in [0.1, 0.15) is 31.7 Å². The molecule has 0 amide bonds. The van der Waals surface area contributed by atoms with E-state index in [0.717, 1.165) is 43.7 Å². The zero-order valence-corrected chi connectivity index (χ0v) is 10.4. The number of ether oxygens (including phenoxy) is 1. The molecule has 1 heterocycles. The zero-order chi connectivity index (χ0) is 12.1. The lowest BCUT2D eigenvalue weighted by molar-refractivity contribution is 0.0238. The lowest BCUT2D eigenvalue weighted by Gasteiger charge is -2.27. The van der Waals surface area contributed by atoms with Gasteiger partial charge in [0.05, 0.1) is 12.2 Å². The van der Waals surface area contributed by atoms with Crippen LogP contribution in [-0.2, 0) is 5.60 Å². The van der Waals surface area contributed by atoms with Crippen molar-refractivity contribution < 1.29 is 9.84 Å². The Morgan fingerprint density at radius 2 is 2.24 bits per heavy atom. The van der Waals surface area contributed by atoms with Crippen LogP contribution in [0.5, 0.6) is 5.75 Å². The number of hydrogen-bond acceptors (Lipinski definition) is 3. The van der Waals surface area contributed by atoms with E-state index in [-0.39, 0.29) is 0 Å². The fourth-order valence-electron chi connectivity index (χ4n) is 2.38. The topological polar surface area (TPSA) is 41.5 Å². The molecule has 1 aliphatic heterocycles. The molecule has 0 bridgehead atoms. The van der Waals surface area contributed by atoms with Crippen LogP contribution in [0.2, 0.25) is 0 Å². The van der Waals surface area contributed by atoms with Crippen LogP contribution < -0.4 is 10.1 Å². The van der Waals surface area contributed by atoms with Crippen molar-refractivity contribution in [1.82, 2.24) is 5.32 Å². The summed E-state index contributed by atoms with van der Waals surface area (Å²) in [6.07, 6.45) is 2.59. The van der Waals surface area contributed by atoms with E-state index in [1.807, 2.05) is 31.2 Å². The highest BCUT2D eigenvalue weighted by molar-refractivity contribution is 5.32. The van der Waals surface area contributed by atoms with Crippen molar-refractivity contribution in [3.8, 4) is 5.75 Å². The summed E-state index contributed by atoms with van der Waals surface area (Å²) >= 11 is 0. The fourth-order valence-corrected chi connectivity index (χ4v) is 2.38. The van der Waals surface area contributed by atoms with E-state index in [2.05, 4.69) is 5.32 Å². The second-order valence-corrected chi connectivity index (χ2v) is 4.60. The van der Waals surface area contributed by atoms with Gasteiger partial charge < -0.3 is 15.2 Å². The summed E-state index contributed by atoms with van der Waals surface area (Å²) in [4.78, 5) is 0. The molecule has 2 rings (SSSR count). The van der Waals surface area contributed by atoms with Gasteiger partial charge in [0.2, 0.25) is 0 Å². The molecule has 2 N–H and O–H groups in total. The quantitative estimate of drug-likeness (QED) is 0.842. The summed E-state index contributed by atoms with van der Waals surface area (Å²) < 4.78 is 5.49. The van der Waals surface area contributed by atoms with Gasteiger partial charge in [-0.1, -0.05) is 12.1 Å². The molecule has 0 radical (unpaired) electrons. The van der Waals surface area contributed by atoms with Gasteiger partial charge in [-0.25, -0.2) is 0 Å². The monoisotopic (exact) mass is 235 g/mol. The third-order valence-corrected chi connectivity index (χ3v) is 3.34. The number of rotatable bonds is 3. The van der Waals surface area contributed by atoms with E-state index < -0.39 is 5.60 Å². The molecule has 3 nitrogen and oxygen atoms in total. The van der Waals surface area contributed by atoms with Crippen LogP contribution in [0.3, 0.4) is 0 Å². The van der Waals surface area contributed by atoms with Gasteiger partial charge in [-0.2, -0.15) is 0 Å². The molecule has 17 heavy (non-hydrogen) atoms. The van der Waals surface area contributed by atoms with Gasteiger partial charge in [0.15, 0.2) is 0 Å².